The molecular formula is C20H30FN3O. The van der Waals surface area contributed by atoms with Crippen molar-refractivity contribution in [2.24, 2.45) is 5.92 Å². The van der Waals surface area contributed by atoms with Crippen molar-refractivity contribution >= 4 is 11.6 Å². The Bertz CT molecular complexity index is 566. The topological polar surface area (TPSA) is 35.6 Å². The van der Waals surface area contributed by atoms with Crippen LogP contribution in [0.5, 0.6) is 0 Å². The minimum atomic E-state index is -0.172. The fourth-order valence-electron chi connectivity index (χ4n) is 4.01. The van der Waals surface area contributed by atoms with Crippen LogP contribution in [0.3, 0.4) is 0 Å². The molecule has 1 aliphatic carbocycles. The number of anilines is 1. The lowest BCUT2D eigenvalue weighted by molar-refractivity contribution is -0.126. The first-order chi connectivity index (χ1) is 12.1. The zero-order chi connectivity index (χ0) is 17.6. The molecule has 0 unspecified atom stereocenters. The second-order valence-corrected chi connectivity index (χ2v) is 7.40. The van der Waals surface area contributed by atoms with Crippen molar-refractivity contribution in [3.63, 3.8) is 0 Å². The van der Waals surface area contributed by atoms with Crippen LogP contribution in [0.4, 0.5) is 10.1 Å². The smallest absolute Gasteiger partial charge is 0.237 e. The summed E-state index contributed by atoms with van der Waals surface area (Å²) >= 11 is 0. The van der Waals surface area contributed by atoms with Crippen LogP contribution < -0.4 is 10.2 Å². The monoisotopic (exact) mass is 347 g/mol. The summed E-state index contributed by atoms with van der Waals surface area (Å²) < 4.78 is 13.9. The van der Waals surface area contributed by atoms with Gasteiger partial charge in [-0.25, -0.2) is 4.39 Å². The van der Waals surface area contributed by atoms with Gasteiger partial charge in [-0.05, 0) is 37.8 Å². The van der Waals surface area contributed by atoms with Gasteiger partial charge in [0, 0.05) is 32.7 Å². The predicted octanol–water partition coefficient (Wildman–Crippen LogP) is 3.03. The first-order valence-electron chi connectivity index (χ1n) is 9.66. The second kappa shape index (κ2) is 8.65. The van der Waals surface area contributed by atoms with Crippen molar-refractivity contribution < 1.29 is 9.18 Å². The second-order valence-electron chi connectivity index (χ2n) is 7.40. The molecule has 3 rings (SSSR count). The molecule has 1 atom stereocenters. The molecule has 1 aromatic rings. The Morgan fingerprint density at radius 3 is 2.52 bits per heavy atom. The molecule has 5 heteroatoms. The molecule has 138 valence electrons. The number of nitrogens with zero attached hydrogens (tertiary/aromatic N) is 2. The quantitative estimate of drug-likeness (QED) is 0.889. The minimum Gasteiger partial charge on any atom is -0.367 e. The van der Waals surface area contributed by atoms with Gasteiger partial charge in [-0.3, -0.25) is 9.69 Å². The Hall–Kier alpha value is -1.62. The van der Waals surface area contributed by atoms with E-state index in [1.165, 1.54) is 38.2 Å². The molecule has 2 fully saturated rings. The van der Waals surface area contributed by atoms with Crippen molar-refractivity contribution in [2.45, 2.75) is 45.1 Å². The van der Waals surface area contributed by atoms with Crippen molar-refractivity contribution in [2.75, 3.05) is 37.6 Å². The van der Waals surface area contributed by atoms with E-state index in [0.717, 1.165) is 32.7 Å². The van der Waals surface area contributed by atoms with Gasteiger partial charge in [0.05, 0.1) is 11.7 Å². The van der Waals surface area contributed by atoms with E-state index in [1.54, 1.807) is 6.07 Å². The van der Waals surface area contributed by atoms with Gasteiger partial charge in [0.2, 0.25) is 5.91 Å². The first kappa shape index (κ1) is 18.2. The zero-order valence-corrected chi connectivity index (χ0v) is 15.2. The van der Waals surface area contributed by atoms with Crippen molar-refractivity contribution in [1.29, 1.82) is 0 Å². The van der Waals surface area contributed by atoms with Crippen LogP contribution in [-0.4, -0.2) is 49.6 Å². The average molecular weight is 347 g/mol. The summed E-state index contributed by atoms with van der Waals surface area (Å²) in [7, 11) is 0. The number of rotatable bonds is 5. The standard InChI is InChI=1S/C20H30FN3O/c1-16(20(25)22-15-17-7-3-2-4-8-17)23-11-13-24(14-12-23)19-10-6-5-9-18(19)21/h5-6,9-10,16-17H,2-4,7-8,11-15H2,1H3,(H,22,25)/t16-/m0/s1. The third kappa shape index (κ3) is 4.72. The van der Waals surface area contributed by atoms with Crippen LogP contribution in [0.2, 0.25) is 0 Å². The van der Waals surface area contributed by atoms with Crippen molar-refractivity contribution in [3.05, 3.63) is 30.1 Å². The van der Waals surface area contributed by atoms with Gasteiger partial charge in [0.1, 0.15) is 5.82 Å². The van der Waals surface area contributed by atoms with E-state index in [-0.39, 0.29) is 17.8 Å². The summed E-state index contributed by atoms with van der Waals surface area (Å²) in [4.78, 5) is 16.7. The number of hydrogen-bond acceptors (Lipinski definition) is 3. The predicted molar refractivity (Wildman–Crippen MR) is 99.2 cm³/mol. The van der Waals surface area contributed by atoms with Crippen molar-refractivity contribution in [1.82, 2.24) is 10.2 Å². The number of benzene rings is 1. The van der Waals surface area contributed by atoms with Crippen LogP contribution in [-0.2, 0) is 4.79 Å². The third-order valence-corrected chi connectivity index (χ3v) is 5.72. The van der Waals surface area contributed by atoms with E-state index in [9.17, 15) is 9.18 Å². The van der Waals surface area contributed by atoms with Crippen LogP contribution in [0.25, 0.3) is 0 Å². The summed E-state index contributed by atoms with van der Waals surface area (Å²) in [5.74, 6) is 0.613. The molecule has 2 aliphatic rings. The van der Waals surface area contributed by atoms with Crippen LogP contribution in [0.15, 0.2) is 24.3 Å². The SMILES string of the molecule is C[C@@H](C(=O)NCC1CCCCC1)N1CCN(c2ccccc2F)CC1. The number of hydrogen-bond donors (Lipinski definition) is 1. The molecule has 0 aromatic heterocycles. The highest BCUT2D eigenvalue weighted by atomic mass is 19.1. The fraction of sp³-hybridized carbons (Fsp3) is 0.650. The lowest BCUT2D eigenvalue weighted by atomic mass is 9.89. The zero-order valence-electron chi connectivity index (χ0n) is 15.2. The maximum Gasteiger partial charge on any atom is 0.237 e. The normalized spacial score (nSPS) is 21.1. The number of para-hydroxylation sites is 1. The molecule has 25 heavy (non-hydrogen) atoms. The molecule has 1 saturated carbocycles. The fourth-order valence-corrected chi connectivity index (χ4v) is 4.01. The van der Waals surface area contributed by atoms with E-state index in [1.807, 2.05) is 19.1 Å². The highest BCUT2D eigenvalue weighted by Crippen LogP contribution is 2.23. The molecule has 1 N–H and O–H groups in total. The molecule has 1 amide bonds. The van der Waals surface area contributed by atoms with E-state index in [2.05, 4.69) is 15.1 Å². The van der Waals surface area contributed by atoms with Crippen LogP contribution in [0.1, 0.15) is 39.0 Å². The number of carbonyl (C=O) groups is 1. The maximum atomic E-state index is 13.9. The van der Waals surface area contributed by atoms with E-state index in [0.29, 0.717) is 11.6 Å². The van der Waals surface area contributed by atoms with Gasteiger partial charge in [-0.15, -0.1) is 0 Å². The maximum absolute atomic E-state index is 13.9. The molecule has 1 aliphatic heterocycles. The Morgan fingerprint density at radius 2 is 1.84 bits per heavy atom. The molecule has 1 heterocycles. The lowest BCUT2D eigenvalue weighted by Gasteiger charge is -2.38. The summed E-state index contributed by atoms with van der Waals surface area (Å²) in [6.45, 7) is 5.87. The third-order valence-electron chi connectivity index (χ3n) is 5.72. The van der Waals surface area contributed by atoms with Crippen molar-refractivity contribution in [3.8, 4) is 0 Å². The number of amides is 1. The number of halogens is 1. The largest absolute Gasteiger partial charge is 0.367 e. The van der Waals surface area contributed by atoms with Gasteiger partial charge in [-0.1, -0.05) is 31.4 Å². The minimum absolute atomic E-state index is 0.119. The summed E-state index contributed by atoms with van der Waals surface area (Å²) in [5, 5.41) is 3.15. The summed E-state index contributed by atoms with van der Waals surface area (Å²) in [6, 6.07) is 6.79. The average Bonchev–Trinajstić information content (AvgIpc) is 2.67. The molecule has 4 nitrogen and oxygen atoms in total. The van der Waals surface area contributed by atoms with Gasteiger partial charge < -0.3 is 10.2 Å². The molecule has 0 bridgehead atoms. The Balaban J connectivity index is 1.45. The van der Waals surface area contributed by atoms with Gasteiger partial charge in [0.25, 0.3) is 0 Å². The number of nitrogens with one attached hydrogen (secondary N) is 1. The van der Waals surface area contributed by atoms with Crippen LogP contribution in [0, 0.1) is 11.7 Å². The molecule has 0 spiro atoms. The Labute approximate surface area is 150 Å². The summed E-state index contributed by atoms with van der Waals surface area (Å²) in [5.41, 5.74) is 0.663. The van der Waals surface area contributed by atoms with Crippen LogP contribution >= 0.6 is 0 Å². The van der Waals surface area contributed by atoms with Gasteiger partial charge in [-0.2, -0.15) is 0 Å². The Kier molecular flexibility index (Phi) is 6.29. The highest BCUT2D eigenvalue weighted by Gasteiger charge is 2.26. The van der Waals surface area contributed by atoms with Gasteiger partial charge >= 0.3 is 0 Å². The molecular weight excluding hydrogens is 317 g/mol. The molecule has 1 saturated heterocycles. The Morgan fingerprint density at radius 1 is 1.16 bits per heavy atom. The molecule has 0 radical (unpaired) electrons. The lowest BCUT2D eigenvalue weighted by Crippen LogP contribution is -2.54. The van der Waals surface area contributed by atoms with E-state index < -0.39 is 0 Å². The molecule has 1 aromatic carbocycles. The van der Waals surface area contributed by atoms with E-state index in [4.69, 9.17) is 0 Å². The van der Waals surface area contributed by atoms with Gasteiger partial charge in [0.15, 0.2) is 0 Å². The number of piperazine rings is 1. The first-order valence-corrected chi connectivity index (χ1v) is 9.66. The van der Waals surface area contributed by atoms with E-state index >= 15 is 0 Å². The highest BCUT2D eigenvalue weighted by molar-refractivity contribution is 5.81. The number of carbonyl (C=O) groups excluding carboxylic acids is 1. The summed E-state index contributed by atoms with van der Waals surface area (Å²) in [6.07, 6.45) is 6.43.